The van der Waals surface area contributed by atoms with Gasteiger partial charge in [0.25, 0.3) is 0 Å². The number of carbonyl (C=O) groups excluding carboxylic acids is 1. The Hall–Kier alpha value is -2.47. The van der Waals surface area contributed by atoms with Crippen molar-refractivity contribution in [3.63, 3.8) is 0 Å². The van der Waals surface area contributed by atoms with Gasteiger partial charge in [0.1, 0.15) is 6.10 Å². The highest BCUT2D eigenvalue weighted by molar-refractivity contribution is 6.00. The van der Waals surface area contributed by atoms with Crippen LogP contribution in [0.2, 0.25) is 0 Å². The van der Waals surface area contributed by atoms with Crippen molar-refractivity contribution in [2.75, 3.05) is 56.4 Å². The summed E-state index contributed by atoms with van der Waals surface area (Å²) in [5, 5.41) is 4.36. The second-order valence-electron chi connectivity index (χ2n) is 8.32. The Morgan fingerprint density at radius 1 is 1.19 bits per heavy atom. The molecule has 1 unspecified atom stereocenters. The van der Waals surface area contributed by atoms with Crippen LogP contribution in [0.1, 0.15) is 25.7 Å². The van der Waals surface area contributed by atoms with E-state index in [1.165, 1.54) is 12.0 Å². The molecule has 0 radical (unpaired) electrons. The zero-order valence-electron chi connectivity index (χ0n) is 18.2. The first-order valence-corrected chi connectivity index (χ1v) is 10.7. The standard InChI is InChI=1S/C21H26FN3O7/c1-11-7-24(8-12(2)30-11)17-14(20-28-4-5-29-20)6-15-18(16(17)22)32-23-19(15)25-9-13(10-27-3)31-21(25)26/h6,11-13,20H,4-5,7-10H2,1-3H3/t11-,12-,13?/m1/s1. The Morgan fingerprint density at radius 2 is 1.91 bits per heavy atom. The predicted molar refractivity (Wildman–Crippen MR) is 110 cm³/mol. The predicted octanol–water partition coefficient (Wildman–Crippen LogP) is 2.60. The number of hydrogen-bond acceptors (Lipinski definition) is 9. The van der Waals surface area contributed by atoms with Crippen LogP contribution in [0, 0.1) is 5.82 Å². The number of halogens is 1. The SMILES string of the molecule is COCC1CN(c2noc3c(F)c(N4C[C@@H](C)O[C@H](C)C4)c(C4OCCO4)cc23)C(=O)O1. The van der Waals surface area contributed by atoms with Crippen molar-refractivity contribution in [2.24, 2.45) is 0 Å². The highest BCUT2D eigenvalue weighted by atomic mass is 19.1. The number of benzene rings is 1. The van der Waals surface area contributed by atoms with Crippen molar-refractivity contribution in [3.05, 3.63) is 17.4 Å². The molecule has 0 saturated carbocycles. The second-order valence-corrected chi connectivity index (χ2v) is 8.32. The molecule has 3 aliphatic heterocycles. The van der Waals surface area contributed by atoms with Crippen LogP contribution in [0.15, 0.2) is 10.6 Å². The Morgan fingerprint density at radius 3 is 2.59 bits per heavy atom. The maximum absolute atomic E-state index is 15.9. The van der Waals surface area contributed by atoms with Gasteiger partial charge in [-0.05, 0) is 19.9 Å². The van der Waals surface area contributed by atoms with Gasteiger partial charge in [0, 0.05) is 25.8 Å². The number of ether oxygens (including phenoxy) is 5. The van der Waals surface area contributed by atoms with Crippen LogP contribution in [0.25, 0.3) is 11.0 Å². The monoisotopic (exact) mass is 451 g/mol. The maximum atomic E-state index is 15.9. The van der Waals surface area contributed by atoms with Gasteiger partial charge in [0.05, 0.1) is 49.6 Å². The number of anilines is 2. The molecule has 0 spiro atoms. The van der Waals surface area contributed by atoms with Gasteiger partial charge >= 0.3 is 6.09 Å². The topological polar surface area (TPSA) is 95.7 Å². The molecular formula is C21H26FN3O7. The molecule has 1 aromatic heterocycles. The number of rotatable bonds is 5. The summed E-state index contributed by atoms with van der Waals surface area (Å²) >= 11 is 0. The number of fused-ring (bicyclic) bond motifs is 1. The van der Waals surface area contributed by atoms with Crippen molar-refractivity contribution in [3.8, 4) is 0 Å². The van der Waals surface area contributed by atoms with Crippen molar-refractivity contribution >= 4 is 28.6 Å². The van der Waals surface area contributed by atoms with E-state index in [2.05, 4.69) is 5.16 Å². The lowest BCUT2D eigenvalue weighted by Gasteiger charge is -2.38. The van der Waals surface area contributed by atoms with Crippen LogP contribution in [-0.4, -0.2) is 76.1 Å². The largest absolute Gasteiger partial charge is 0.441 e. The molecule has 1 amide bonds. The fraction of sp³-hybridized carbons (Fsp3) is 0.619. The summed E-state index contributed by atoms with van der Waals surface area (Å²) in [5.41, 5.74) is 0.834. The quantitative estimate of drug-likeness (QED) is 0.680. The normalized spacial score (nSPS) is 27.0. The summed E-state index contributed by atoms with van der Waals surface area (Å²) in [6.07, 6.45) is -1.91. The van der Waals surface area contributed by atoms with Crippen LogP contribution in [0.5, 0.6) is 0 Å². The zero-order chi connectivity index (χ0) is 22.4. The first-order chi connectivity index (χ1) is 15.5. The van der Waals surface area contributed by atoms with Gasteiger partial charge in [-0.25, -0.2) is 9.18 Å². The molecular weight excluding hydrogens is 425 g/mol. The van der Waals surface area contributed by atoms with E-state index in [0.29, 0.717) is 42.9 Å². The number of amides is 1. The van der Waals surface area contributed by atoms with Gasteiger partial charge in [-0.15, -0.1) is 0 Å². The number of hydrogen-bond donors (Lipinski definition) is 0. The lowest BCUT2D eigenvalue weighted by molar-refractivity contribution is -0.0445. The van der Waals surface area contributed by atoms with Gasteiger partial charge in [-0.3, -0.25) is 4.90 Å². The lowest BCUT2D eigenvalue weighted by atomic mass is 10.0. The van der Waals surface area contributed by atoms with Gasteiger partial charge in [-0.2, -0.15) is 0 Å². The molecule has 0 N–H and O–H groups in total. The smallest absolute Gasteiger partial charge is 0.416 e. The van der Waals surface area contributed by atoms with Crippen LogP contribution < -0.4 is 9.80 Å². The first-order valence-electron chi connectivity index (χ1n) is 10.7. The molecule has 5 rings (SSSR count). The van der Waals surface area contributed by atoms with Crippen LogP contribution >= 0.6 is 0 Å². The maximum Gasteiger partial charge on any atom is 0.416 e. The number of morpholine rings is 1. The van der Waals surface area contributed by atoms with Crippen LogP contribution in [-0.2, 0) is 23.7 Å². The molecule has 3 aliphatic rings. The number of cyclic esters (lactones) is 1. The second kappa shape index (κ2) is 8.47. The molecule has 4 heterocycles. The van der Waals surface area contributed by atoms with E-state index in [-0.39, 0.29) is 36.8 Å². The molecule has 3 saturated heterocycles. The van der Waals surface area contributed by atoms with Gasteiger partial charge < -0.3 is 33.1 Å². The molecule has 11 heteroatoms. The van der Waals surface area contributed by atoms with E-state index < -0.39 is 24.3 Å². The molecule has 32 heavy (non-hydrogen) atoms. The van der Waals surface area contributed by atoms with Gasteiger partial charge in [-0.1, -0.05) is 5.16 Å². The summed E-state index contributed by atoms with van der Waals surface area (Å²) in [7, 11) is 1.53. The van der Waals surface area contributed by atoms with Crippen LogP contribution in [0.4, 0.5) is 20.7 Å². The lowest BCUT2D eigenvalue weighted by Crippen LogP contribution is -2.46. The Labute approximate surface area is 184 Å². The average molecular weight is 451 g/mol. The van der Waals surface area contributed by atoms with E-state index in [1.807, 2.05) is 18.7 Å². The van der Waals surface area contributed by atoms with Crippen molar-refractivity contribution < 1.29 is 37.4 Å². The third-order valence-corrected chi connectivity index (χ3v) is 5.78. The summed E-state index contributed by atoms with van der Waals surface area (Å²) in [5.74, 6) is -0.380. The number of nitrogens with zero attached hydrogens (tertiary/aromatic N) is 3. The van der Waals surface area contributed by atoms with Gasteiger partial charge in [0.15, 0.2) is 17.9 Å². The molecule has 0 bridgehead atoms. The average Bonchev–Trinajstić information content (AvgIpc) is 3.47. The van der Waals surface area contributed by atoms with E-state index in [0.717, 1.165) is 0 Å². The molecule has 10 nitrogen and oxygen atoms in total. The summed E-state index contributed by atoms with van der Waals surface area (Å²) in [6.45, 7) is 6.20. The number of methoxy groups -OCH3 is 1. The summed E-state index contributed by atoms with van der Waals surface area (Å²) < 4.78 is 49.0. The highest BCUT2D eigenvalue weighted by Gasteiger charge is 2.38. The van der Waals surface area contributed by atoms with E-state index in [9.17, 15) is 4.79 Å². The molecule has 0 aliphatic carbocycles. The Kier molecular flexibility index (Phi) is 5.66. The Bertz CT molecular complexity index is 999. The molecule has 2 aromatic rings. The van der Waals surface area contributed by atoms with E-state index >= 15 is 4.39 Å². The summed E-state index contributed by atoms with van der Waals surface area (Å²) in [4.78, 5) is 15.7. The van der Waals surface area contributed by atoms with Crippen molar-refractivity contribution in [1.29, 1.82) is 0 Å². The molecule has 174 valence electrons. The first kappa shape index (κ1) is 21.4. The molecule has 3 fully saturated rings. The minimum Gasteiger partial charge on any atom is -0.441 e. The van der Waals surface area contributed by atoms with E-state index in [4.69, 9.17) is 28.2 Å². The number of carbonyl (C=O) groups is 1. The molecule has 1 aromatic carbocycles. The van der Waals surface area contributed by atoms with Gasteiger partial charge in [0.2, 0.25) is 5.58 Å². The van der Waals surface area contributed by atoms with Crippen molar-refractivity contribution in [2.45, 2.75) is 38.4 Å². The fourth-order valence-corrected chi connectivity index (χ4v) is 4.60. The fourth-order valence-electron chi connectivity index (χ4n) is 4.60. The van der Waals surface area contributed by atoms with Crippen LogP contribution in [0.3, 0.4) is 0 Å². The summed E-state index contributed by atoms with van der Waals surface area (Å²) in [6, 6.07) is 1.73. The minimum absolute atomic E-state index is 0.0356. The zero-order valence-corrected chi connectivity index (χ0v) is 18.2. The van der Waals surface area contributed by atoms with Crippen molar-refractivity contribution in [1.82, 2.24) is 5.16 Å². The third kappa shape index (κ3) is 3.68. The Balaban J connectivity index is 1.60. The number of aromatic nitrogens is 1. The minimum atomic E-state index is -0.730. The van der Waals surface area contributed by atoms with E-state index in [1.54, 1.807) is 6.07 Å². The third-order valence-electron chi connectivity index (χ3n) is 5.78. The molecule has 3 atom stereocenters. The highest BCUT2D eigenvalue weighted by Crippen LogP contribution is 2.42.